The predicted octanol–water partition coefficient (Wildman–Crippen LogP) is -2.02. The molecule has 72 valence electrons. The number of carbonyl (C=O) groups is 1. The van der Waals surface area contributed by atoms with E-state index in [4.69, 9.17) is 5.11 Å². The maximum absolute atomic E-state index is 10.6. The van der Waals surface area contributed by atoms with Crippen LogP contribution in [-0.4, -0.2) is 32.8 Å². The summed E-state index contributed by atoms with van der Waals surface area (Å²) in [6.07, 6.45) is -1.66. The lowest BCUT2D eigenvalue weighted by atomic mass is 10.8. The molecule has 0 aromatic rings. The first-order valence-corrected chi connectivity index (χ1v) is 4.28. The molecular formula is C3H9N3O5S. The summed E-state index contributed by atoms with van der Waals surface area (Å²) < 4.78 is 24.4. The van der Waals surface area contributed by atoms with E-state index in [1.165, 1.54) is 4.72 Å². The highest BCUT2D eigenvalue weighted by Gasteiger charge is 2.11. The van der Waals surface area contributed by atoms with Crippen molar-refractivity contribution >= 4 is 16.3 Å². The van der Waals surface area contributed by atoms with Crippen molar-refractivity contribution in [2.75, 3.05) is 13.2 Å². The number of hydrogen-bond donors (Lipinski definition) is 4. The minimum atomic E-state index is -3.99. The molecule has 0 fully saturated rings. The molecule has 0 aliphatic rings. The van der Waals surface area contributed by atoms with Gasteiger partial charge in [-0.25, -0.2) is 15.4 Å². The monoisotopic (exact) mass is 199 g/mol. The minimum absolute atomic E-state index is 0.0411. The Morgan fingerprint density at radius 1 is 1.58 bits per heavy atom. The maximum Gasteiger partial charge on any atom is 0.419 e. The highest BCUT2D eigenvalue weighted by Crippen LogP contribution is 1.75. The zero-order valence-electron chi connectivity index (χ0n) is 5.98. The van der Waals surface area contributed by atoms with Crippen LogP contribution in [0.5, 0.6) is 0 Å². The molecule has 0 heterocycles. The SMILES string of the molecule is NOCCNS(=O)(=O)NC(=O)O. The molecule has 0 atom stereocenters. The number of hydrogen-bond acceptors (Lipinski definition) is 5. The van der Waals surface area contributed by atoms with E-state index in [1.54, 1.807) is 0 Å². The van der Waals surface area contributed by atoms with Crippen LogP contribution in [0.3, 0.4) is 0 Å². The number of nitrogens with two attached hydrogens (primary N) is 1. The quantitative estimate of drug-likeness (QED) is 0.298. The molecule has 0 unspecified atom stereocenters. The third-order valence-corrected chi connectivity index (χ3v) is 1.76. The van der Waals surface area contributed by atoms with Crippen LogP contribution in [-0.2, 0) is 15.0 Å². The molecule has 1 amide bonds. The van der Waals surface area contributed by atoms with Gasteiger partial charge in [0.05, 0.1) is 6.61 Å². The highest BCUT2D eigenvalue weighted by molar-refractivity contribution is 7.88. The molecule has 5 N–H and O–H groups in total. The Kier molecular flexibility index (Phi) is 4.51. The Bertz CT molecular complexity index is 236. The molecule has 0 radical (unpaired) electrons. The summed E-state index contributed by atoms with van der Waals surface area (Å²) in [5, 5.41) is 8.02. The van der Waals surface area contributed by atoms with Crippen molar-refractivity contribution in [1.82, 2.24) is 9.44 Å². The van der Waals surface area contributed by atoms with Crippen molar-refractivity contribution in [2.45, 2.75) is 0 Å². The third-order valence-electron chi connectivity index (χ3n) is 0.734. The molecule has 0 aliphatic heterocycles. The lowest BCUT2D eigenvalue weighted by Crippen LogP contribution is -2.40. The Morgan fingerprint density at radius 3 is 2.58 bits per heavy atom. The minimum Gasteiger partial charge on any atom is -0.464 e. The van der Waals surface area contributed by atoms with Gasteiger partial charge in [-0.05, 0) is 0 Å². The molecule has 12 heavy (non-hydrogen) atoms. The van der Waals surface area contributed by atoms with Gasteiger partial charge in [0.15, 0.2) is 0 Å². The standard InChI is InChI=1S/C3H9N3O5S/c4-11-2-1-5-12(9,10)6-3(7)8/h5-6H,1-2,4H2,(H,7,8). The van der Waals surface area contributed by atoms with Gasteiger partial charge >= 0.3 is 16.3 Å². The van der Waals surface area contributed by atoms with E-state index in [9.17, 15) is 13.2 Å². The summed E-state index contributed by atoms with van der Waals surface area (Å²) in [5.41, 5.74) is 0. The van der Waals surface area contributed by atoms with E-state index in [0.29, 0.717) is 0 Å². The van der Waals surface area contributed by atoms with Crippen molar-refractivity contribution in [2.24, 2.45) is 5.90 Å². The summed E-state index contributed by atoms with van der Waals surface area (Å²) in [4.78, 5) is 13.9. The average Bonchev–Trinajstić information content (AvgIpc) is 1.84. The fourth-order valence-electron chi connectivity index (χ4n) is 0.386. The number of nitrogens with one attached hydrogen (secondary N) is 2. The van der Waals surface area contributed by atoms with Crippen molar-refractivity contribution < 1.29 is 23.2 Å². The zero-order valence-corrected chi connectivity index (χ0v) is 6.80. The largest absolute Gasteiger partial charge is 0.464 e. The molecule has 8 nitrogen and oxygen atoms in total. The molecule has 0 aromatic carbocycles. The zero-order chi connectivity index (χ0) is 9.61. The van der Waals surface area contributed by atoms with Gasteiger partial charge in [0, 0.05) is 6.54 Å². The van der Waals surface area contributed by atoms with Crippen LogP contribution in [0.25, 0.3) is 0 Å². The molecule has 9 heteroatoms. The molecule has 0 spiro atoms. The first kappa shape index (κ1) is 11.1. The lowest BCUT2D eigenvalue weighted by molar-refractivity contribution is 0.143. The number of amides is 1. The second kappa shape index (κ2) is 4.87. The van der Waals surface area contributed by atoms with Crippen LogP contribution >= 0.6 is 0 Å². The Balaban J connectivity index is 3.81. The van der Waals surface area contributed by atoms with E-state index < -0.39 is 16.3 Å². The van der Waals surface area contributed by atoms with Gasteiger partial charge in [0.25, 0.3) is 0 Å². The molecule has 0 aromatic heterocycles. The molecule has 0 saturated carbocycles. The van der Waals surface area contributed by atoms with Gasteiger partial charge in [0.2, 0.25) is 0 Å². The second-order valence-corrected chi connectivity index (χ2v) is 3.18. The highest BCUT2D eigenvalue weighted by atomic mass is 32.2. The Labute approximate surface area is 68.8 Å². The van der Waals surface area contributed by atoms with Crippen molar-refractivity contribution in [3.05, 3.63) is 0 Å². The van der Waals surface area contributed by atoms with Gasteiger partial charge in [0.1, 0.15) is 0 Å². The maximum atomic E-state index is 10.6. The van der Waals surface area contributed by atoms with Crippen LogP contribution in [0.2, 0.25) is 0 Å². The van der Waals surface area contributed by atoms with Crippen molar-refractivity contribution in [3.8, 4) is 0 Å². The molecule has 0 saturated heterocycles. The van der Waals surface area contributed by atoms with E-state index in [2.05, 4.69) is 10.7 Å². The van der Waals surface area contributed by atoms with Crippen LogP contribution in [0, 0.1) is 0 Å². The second-order valence-electron chi connectivity index (χ2n) is 1.68. The lowest BCUT2D eigenvalue weighted by Gasteiger charge is -2.03. The Hall–Kier alpha value is -0.900. The van der Waals surface area contributed by atoms with E-state index in [-0.39, 0.29) is 13.2 Å². The first-order chi connectivity index (χ1) is 5.48. The van der Waals surface area contributed by atoms with Crippen molar-refractivity contribution in [1.29, 1.82) is 0 Å². The third kappa shape index (κ3) is 5.85. The van der Waals surface area contributed by atoms with Gasteiger partial charge < -0.3 is 9.94 Å². The van der Waals surface area contributed by atoms with E-state index in [0.717, 1.165) is 0 Å². The van der Waals surface area contributed by atoms with Crippen LogP contribution in [0.1, 0.15) is 0 Å². The summed E-state index contributed by atoms with van der Waals surface area (Å²) in [6.45, 7) is -0.139. The van der Waals surface area contributed by atoms with Crippen molar-refractivity contribution in [3.63, 3.8) is 0 Å². The molecule has 0 aliphatic carbocycles. The van der Waals surface area contributed by atoms with Crippen LogP contribution in [0.15, 0.2) is 0 Å². The summed E-state index contributed by atoms with van der Waals surface area (Å²) in [5.74, 6) is 4.59. The summed E-state index contributed by atoms with van der Waals surface area (Å²) >= 11 is 0. The molecular weight excluding hydrogens is 190 g/mol. The van der Waals surface area contributed by atoms with Gasteiger partial charge in [-0.3, -0.25) is 0 Å². The number of rotatable bonds is 5. The molecule has 0 rings (SSSR count). The van der Waals surface area contributed by atoms with Gasteiger partial charge in [-0.2, -0.15) is 13.1 Å². The summed E-state index contributed by atoms with van der Waals surface area (Å²) in [7, 11) is -3.99. The number of carboxylic acid groups (broad SMARTS) is 1. The fourth-order valence-corrected chi connectivity index (χ4v) is 1.04. The first-order valence-electron chi connectivity index (χ1n) is 2.80. The van der Waals surface area contributed by atoms with Crippen LogP contribution in [0.4, 0.5) is 4.79 Å². The normalized spacial score (nSPS) is 11.1. The molecule has 0 bridgehead atoms. The van der Waals surface area contributed by atoms with E-state index in [1.807, 2.05) is 4.72 Å². The fraction of sp³-hybridized carbons (Fsp3) is 0.667. The Morgan fingerprint density at radius 2 is 2.17 bits per heavy atom. The topological polar surface area (TPSA) is 131 Å². The van der Waals surface area contributed by atoms with Crippen LogP contribution < -0.4 is 15.3 Å². The van der Waals surface area contributed by atoms with E-state index >= 15 is 0 Å². The van der Waals surface area contributed by atoms with Gasteiger partial charge in [-0.15, -0.1) is 0 Å². The average molecular weight is 199 g/mol. The van der Waals surface area contributed by atoms with Gasteiger partial charge in [-0.1, -0.05) is 0 Å². The predicted molar refractivity (Wildman–Crippen MR) is 38.2 cm³/mol. The smallest absolute Gasteiger partial charge is 0.419 e. The summed E-state index contributed by atoms with van der Waals surface area (Å²) in [6, 6.07) is 0.